The zero-order valence-corrected chi connectivity index (χ0v) is 11.9. The van der Waals surface area contributed by atoms with Gasteiger partial charge in [0.05, 0.1) is 30.0 Å². The van der Waals surface area contributed by atoms with Gasteiger partial charge in [-0.3, -0.25) is 14.5 Å². The number of anilines is 2. The van der Waals surface area contributed by atoms with E-state index in [1.165, 1.54) is 7.05 Å². The number of para-hydroxylation sites is 1. The highest BCUT2D eigenvalue weighted by Crippen LogP contribution is 2.27. The number of nitrogens with zero attached hydrogens (tertiary/aromatic N) is 1. The summed E-state index contributed by atoms with van der Waals surface area (Å²) in [6.45, 7) is 1.93. The Morgan fingerprint density at radius 3 is 2.76 bits per heavy atom. The number of likely N-dealkylation sites (tertiary alicyclic amines) is 1. The molecule has 1 aliphatic heterocycles. The van der Waals surface area contributed by atoms with Crippen LogP contribution in [0.1, 0.15) is 23.7 Å². The molecule has 21 heavy (non-hydrogen) atoms. The molecule has 0 radical (unpaired) electrons. The third-order valence-corrected chi connectivity index (χ3v) is 3.29. The molecule has 1 fully saturated rings. The number of nitrogen functional groups attached to an aromatic ring is 1. The first-order valence-electron chi connectivity index (χ1n) is 6.58. The SMILES string of the molecule is CCOC(=O)c1cccc(N)c1NC1CC(=O)N(C)C1=O. The van der Waals surface area contributed by atoms with E-state index in [1.807, 2.05) is 0 Å². The van der Waals surface area contributed by atoms with E-state index in [9.17, 15) is 14.4 Å². The molecule has 1 heterocycles. The minimum atomic E-state index is -0.722. The van der Waals surface area contributed by atoms with Crippen LogP contribution in [-0.2, 0) is 14.3 Å². The van der Waals surface area contributed by atoms with E-state index >= 15 is 0 Å². The van der Waals surface area contributed by atoms with Crippen molar-refractivity contribution in [3.63, 3.8) is 0 Å². The number of benzene rings is 1. The number of nitrogens with two attached hydrogens (primary N) is 1. The molecule has 1 saturated heterocycles. The van der Waals surface area contributed by atoms with Crippen molar-refractivity contribution >= 4 is 29.2 Å². The Morgan fingerprint density at radius 1 is 1.48 bits per heavy atom. The molecular formula is C14H17N3O4. The van der Waals surface area contributed by atoms with Crippen LogP contribution in [0.5, 0.6) is 0 Å². The average molecular weight is 291 g/mol. The van der Waals surface area contributed by atoms with Gasteiger partial charge in [-0.05, 0) is 19.1 Å². The van der Waals surface area contributed by atoms with Gasteiger partial charge in [-0.15, -0.1) is 0 Å². The van der Waals surface area contributed by atoms with Gasteiger partial charge in [0.2, 0.25) is 5.91 Å². The minimum Gasteiger partial charge on any atom is -0.462 e. The molecule has 0 aromatic heterocycles. The molecule has 1 aromatic rings. The van der Waals surface area contributed by atoms with Crippen LogP contribution in [0.25, 0.3) is 0 Å². The number of imide groups is 1. The molecule has 112 valence electrons. The molecule has 0 bridgehead atoms. The zero-order chi connectivity index (χ0) is 15.6. The Kier molecular flexibility index (Phi) is 4.11. The molecule has 2 rings (SSSR count). The Morgan fingerprint density at radius 2 is 2.19 bits per heavy atom. The van der Waals surface area contributed by atoms with E-state index in [1.54, 1.807) is 25.1 Å². The van der Waals surface area contributed by atoms with Crippen LogP contribution in [0.15, 0.2) is 18.2 Å². The second-order valence-corrected chi connectivity index (χ2v) is 4.68. The Hall–Kier alpha value is -2.57. The molecule has 1 aromatic carbocycles. The van der Waals surface area contributed by atoms with Gasteiger partial charge in [-0.2, -0.15) is 0 Å². The van der Waals surface area contributed by atoms with Gasteiger partial charge < -0.3 is 15.8 Å². The van der Waals surface area contributed by atoms with Crippen LogP contribution in [-0.4, -0.2) is 42.4 Å². The molecule has 2 amide bonds. The van der Waals surface area contributed by atoms with Gasteiger partial charge in [-0.1, -0.05) is 6.07 Å². The lowest BCUT2D eigenvalue weighted by Gasteiger charge is -2.17. The Labute approximate surface area is 122 Å². The van der Waals surface area contributed by atoms with Gasteiger partial charge in [-0.25, -0.2) is 4.79 Å². The van der Waals surface area contributed by atoms with E-state index in [-0.39, 0.29) is 30.4 Å². The molecule has 7 nitrogen and oxygen atoms in total. The van der Waals surface area contributed by atoms with E-state index in [4.69, 9.17) is 10.5 Å². The standard InChI is InChI=1S/C14H17N3O4/c1-3-21-14(20)8-5-4-6-9(15)12(8)16-10-7-11(18)17(2)13(10)19/h4-6,10,16H,3,7,15H2,1-2H3. The number of ether oxygens (including phenoxy) is 1. The van der Waals surface area contributed by atoms with Crippen LogP contribution in [0, 0.1) is 0 Å². The van der Waals surface area contributed by atoms with Gasteiger partial charge in [0.25, 0.3) is 5.91 Å². The van der Waals surface area contributed by atoms with Crippen LogP contribution in [0.2, 0.25) is 0 Å². The number of hydrogen-bond donors (Lipinski definition) is 2. The largest absolute Gasteiger partial charge is 0.462 e. The van der Waals surface area contributed by atoms with E-state index in [2.05, 4.69) is 5.32 Å². The molecule has 1 unspecified atom stereocenters. The quantitative estimate of drug-likeness (QED) is 0.479. The van der Waals surface area contributed by atoms with Crippen molar-refractivity contribution in [2.75, 3.05) is 24.7 Å². The number of nitrogens with one attached hydrogen (secondary N) is 1. The number of esters is 1. The van der Waals surface area contributed by atoms with Gasteiger partial charge in [0.15, 0.2) is 0 Å². The van der Waals surface area contributed by atoms with Crippen molar-refractivity contribution in [3.05, 3.63) is 23.8 Å². The van der Waals surface area contributed by atoms with Crippen molar-refractivity contribution < 1.29 is 19.1 Å². The fraction of sp³-hybridized carbons (Fsp3) is 0.357. The number of amides is 2. The van der Waals surface area contributed by atoms with E-state index in [0.29, 0.717) is 11.4 Å². The van der Waals surface area contributed by atoms with Crippen molar-refractivity contribution in [1.29, 1.82) is 0 Å². The fourth-order valence-electron chi connectivity index (χ4n) is 2.15. The summed E-state index contributed by atoms with van der Waals surface area (Å²) in [6.07, 6.45) is 0.0337. The molecular weight excluding hydrogens is 274 g/mol. The maximum Gasteiger partial charge on any atom is 0.340 e. The number of carbonyl (C=O) groups excluding carboxylic acids is 3. The summed E-state index contributed by atoms with van der Waals surface area (Å²) in [7, 11) is 1.42. The van der Waals surface area contributed by atoms with Crippen LogP contribution >= 0.6 is 0 Å². The monoisotopic (exact) mass is 291 g/mol. The lowest BCUT2D eigenvalue weighted by Crippen LogP contribution is -2.32. The predicted molar refractivity (Wildman–Crippen MR) is 76.6 cm³/mol. The van der Waals surface area contributed by atoms with Crippen LogP contribution in [0.4, 0.5) is 11.4 Å². The maximum atomic E-state index is 11.9. The number of rotatable bonds is 4. The van der Waals surface area contributed by atoms with Gasteiger partial charge >= 0.3 is 5.97 Å². The lowest BCUT2D eigenvalue weighted by molar-refractivity contribution is -0.136. The maximum absolute atomic E-state index is 11.9. The molecule has 0 saturated carbocycles. The highest BCUT2D eigenvalue weighted by atomic mass is 16.5. The van der Waals surface area contributed by atoms with Crippen LogP contribution in [0.3, 0.4) is 0 Å². The highest BCUT2D eigenvalue weighted by molar-refractivity contribution is 6.08. The predicted octanol–water partition coefficient (Wildman–Crippen LogP) is 0.615. The molecule has 1 aliphatic rings. The summed E-state index contributed by atoms with van der Waals surface area (Å²) in [5.74, 6) is -1.15. The van der Waals surface area contributed by atoms with Gasteiger partial charge in [0.1, 0.15) is 6.04 Å². The van der Waals surface area contributed by atoms with Gasteiger partial charge in [0, 0.05) is 7.05 Å². The van der Waals surface area contributed by atoms with Crippen molar-refractivity contribution in [2.45, 2.75) is 19.4 Å². The Balaban J connectivity index is 2.30. The summed E-state index contributed by atoms with van der Waals surface area (Å²) in [5, 5.41) is 2.89. The number of carbonyl (C=O) groups is 3. The first kappa shape index (κ1) is 14.8. The smallest absolute Gasteiger partial charge is 0.340 e. The summed E-state index contributed by atoms with van der Waals surface area (Å²) in [6, 6.07) is 4.07. The Bertz CT molecular complexity index is 600. The van der Waals surface area contributed by atoms with Crippen molar-refractivity contribution in [3.8, 4) is 0 Å². The second-order valence-electron chi connectivity index (χ2n) is 4.68. The average Bonchev–Trinajstić information content (AvgIpc) is 2.69. The van der Waals surface area contributed by atoms with E-state index < -0.39 is 12.0 Å². The zero-order valence-electron chi connectivity index (χ0n) is 11.9. The minimum absolute atomic E-state index is 0.0337. The summed E-state index contributed by atoms with van der Waals surface area (Å²) < 4.78 is 4.96. The first-order chi connectivity index (χ1) is 9.95. The number of hydrogen-bond acceptors (Lipinski definition) is 6. The van der Waals surface area contributed by atoms with Crippen molar-refractivity contribution in [1.82, 2.24) is 4.90 Å². The summed E-state index contributed by atoms with van der Waals surface area (Å²) in [5.41, 5.74) is 6.74. The normalized spacial score (nSPS) is 18.0. The molecule has 7 heteroatoms. The highest BCUT2D eigenvalue weighted by Gasteiger charge is 2.36. The van der Waals surface area contributed by atoms with Crippen LogP contribution < -0.4 is 11.1 Å². The summed E-state index contributed by atoms with van der Waals surface area (Å²) >= 11 is 0. The third-order valence-electron chi connectivity index (χ3n) is 3.29. The molecule has 3 N–H and O–H groups in total. The molecule has 1 atom stereocenters. The summed E-state index contributed by atoms with van der Waals surface area (Å²) in [4.78, 5) is 36.4. The topological polar surface area (TPSA) is 102 Å². The third kappa shape index (κ3) is 2.81. The van der Waals surface area contributed by atoms with E-state index in [0.717, 1.165) is 4.90 Å². The molecule has 0 aliphatic carbocycles. The fourth-order valence-corrected chi connectivity index (χ4v) is 2.15. The second kappa shape index (κ2) is 5.82. The molecule has 0 spiro atoms. The lowest BCUT2D eigenvalue weighted by atomic mass is 10.1. The van der Waals surface area contributed by atoms with Crippen molar-refractivity contribution in [2.24, 2.45) is 0 Å². The first-order valence-corrected chi connectivity index (χ1v) is 6.58. The number of likely N-dealkylation sites (N-methyl/N-ethyl adjacent to an activating group) is 1.